The highest BCUT2D eigenvalue weighted by Gasteiger charge is 2.39. The number of rotatable bonds is 3. The molecule has 2 fully saturated rings. The van der Waals surface area contributed by atoms with Crippen LogP contribution < -0.4 is 5.32 Å². The lowest BCUT2D eigenvalue weighted by Gasteiger charge is -2.34. The van der Waals surface area contributed by atoms with E-state index in [-0.39, 0.29) is 30.3 Å². The number of carbonyl (C=O) groups is 1. The summed E-state index contributed by atoms with van der Waals surface area (Å²) in [5.41, 5.74) is 3.72. The zero-order valence-electron chi connectivity index (χ0n) is 16.8. The van der Waals surface area contributed by atoms with Gasteiger partial charge in [-0.2, -0.15) is 5.10 Å². The Kier molecular flexibility index (Phi) is 6.78. The van der Waals surface area contributed by atoms with Crippen molar-refractivity contribution < 1.29 is 4.79 Å². The van der Waals surface area contributed by atoms with Gasteiger partial charge in [0, 0.05) is 38.8 Å². The van der Waals surface area contributed by atoms with Gasteiger partial charge in [0.2, 0.25) is 5.91 Å². The van der Waals surface area contributed by atoms with Crippen molar-refractivity contribution in [3.05, 3.63) is 53.3 Å². The first-order valence-corrected chi connectivity index (χ1v) is 10.2. The summed E-state index contributed by atoms with van der Waals surface area (Å²) in [7, 11) is 1.94. The van der Waals surface area contributed by atoms with Crippen LogP contribution in [-0.2, 0) is 11.8 Å². The highest BCUT2D eigenvalue weighted by Crippen LogP contribution is 2.35. The van der Waals surface area contributed by atoms with Crippen molar-refractivity contribution >= 4 is 18.3 Å². The van der Waals surface area contributed by atoms with E-state index in [1.165, 1.54) is 29.5 Å². The molecule has 1 unspecified atom stereocenters. The third-order valence-corrected chi connectivity index (χ3v) is 6.15. The largest absolute Gasteiger partial charge is 0.335 e. The summed E-state index contributed by atoms with van der Waals surface area (Å²) in [6.07, 6.45) is 8.54. The summed E-state index contributed by atoms with van der Waals surface area (Å²) in [6, 6.07) is 8.89. The summed E-state index contributed by atoms with van der Waals surface area (Å²) in [4.78, 5) is 15.9. The van der Waals surface area contributed by atoms with Crippen molar-refractivity contribution in [2.24, 2.45) is 13.0 Å². The third-order valence-electron chi connectivity index (χ3n) is 6.15. The first-order chi connectivity index (χ1) is 13.1. The van der Waals surface area contributed by atoms with Gasteiger partial charge in [-0.25, -0.2) is 0 Å². The van der Waals surface area contributed by atoms with E-state index in [0.717, 1.165) is 32.5 Å². The number of halogens is 1. The van der Waals surface area contributed by atoms with Crippen molar-refractivity contribution in [1.29, 1.82) is 0 Å². The molecule has 2 aromatic rings. The van der Waals surface area contributed by atoms with Gasteiger partial charge >= 0.3 is 0 Å². The van der Waals surface area contributed by atoms with Crippen LogP contribution in [0.4, 0.5) is 0 Å². The number of nitrogens with one attached hydrogen (secondary N) is 1. The van der Waals surface area contributed by atoms with Gasteiger partial charge in [0.25, 0.3) is 0 Å². The van der Waals surface area contributed by atoms with Gasteiger partial charge in [-0.1, -0.05) is 42.7 Å². The number of likely N-dealkylation sites (tertiary alicyclic amines) is 1. The highest BCUT2D eigenvalue weighted by molar-refractivity contribution is 5.85. The van der Waals surface area contributed by atoms with Crippen molar-refractivity contribution in [3.8, 4) is 0 Å². The van der Waals surface area contributed by atoms with Crippen LogP contribution in [0.2, 0.25) is 0 Å². The summed E-state index contributed by atoms with van der Waals surface area (Å²) < 4.78 is 1.83. The van der Waals surface area contributed by atoms with E-state index in [0.29, 0.717) is 5.91 Å². The van der Waals surface area contributed by atoms with Crippen LogP contribution in [0.3, 0.4) is 0 Å². The standard InChI is InChI=1S/C22H30N4O.ClH/c1-16-7-6-8-17(11-16)21-9-4-3-5-10-26(21)22(27)20-14-23-13-19(20)18-12-24-25(2)15-18;/h6-8,11-12,15,19-21,23H,3-5,9-10,13-14H2,1-2H3;1H/t19-,20+,21?;/m1./s1. The van der Waals surface area contributed by atoms with Gasteiger partial charge in [-0.15, -0.1) is 12.4 Å². The Morgan fingerprint density at radius 2 is 2.04 bits per heavy atom. The first kappa shape index (κ1) is 20.9. The van der Waals surface area contributed by atoms with Crippen molar-refractivity contribution in [2.45, 2.75) is 44.6 Å². The zero-order valence-corrected chi connectivity index (χ0v) is 17.6. The van der Waals surface area contributed by atoms with Crippen LogP contribution in [0.25, 0.3) is 0 Å². The molecule has 4 rings (SSSR count). The molecule has 2 aliphatic rings. The number of carbonyl (C=O) groups excluding carboxylic acids is 1. The fourth-order valence-electron chi connectivity index (χ4n) is 4.73. The molecule has 152 valence electrons. The van der Waals surface area contributed by atoms with Crippen molar-refractivity contribution in [1.82, 2.24) is 20.0 Å². The van der Waals surface area contributed by atoms with Gasteiger partial charge < -0.3 is 10.2 Å². The number of nitrogens with zero attached hydrogens (tertiary/aromatic N) is 3. The molecule has 3 atom stereocenters. The van der Waals surface area contributed by atoms with Crippen LogP contribution in [-0.4, -0.2) is 40.2 Å². The minimum Gasteiger partial charge on any atom is -0.335 e. The predicted octanol–water partition coefficient (Wildman–Crippen LogP) is 3.60. The number of aromatic nitrogens is 2. The minimum absolute atomic E-state index is 0. The maximum atomic E-state index is 13.7. The number of amides is 1. The van der Waals surface area contributed by atoms with E-state index in [1.54, 1.807) is 0 Å². The molecule has 2 saturated heterocycles. The third kappa shape index (κ3) is 4.26. The Balaban J connectivity index is 0.00000225. The summed E-state index contributed by atoms with van der Waals surface area (Å²) >= 11 is 0. The fourth-order valence-corrected chi connectivity index (χ4v) is 4.73. The SMILES string of the molecule is Cc1cccc(C2CCCCCN2C(=O)[C@H]2CNC[C@@H]2c2cnn(C)c2)c1.Cl. The topological polar surface area (TPSA) is 50.2 Å². The van der Waals surface area contributed by atoms with Gasteiger partial charge in [-0.05, 0) is 30.9 Å². The molecule has 0 saturated carbocycles. The van der Waals surface area contributed by atoms with Gasteiger partial charge in [0.1, 0.15) is 0 Å². The molecular formula is C22H31ClN4O. The minimum atomic E-state index is -0.000362. The van der Waals surface area contributed by atoms with Crippen LogP contribution in [0.5, 0.6) is 0 Å². The first-order valence-electron chi connectivity index (χ1n) is 10.2. The van der Waals surface area contributed by atoms with E-state index in [2.05, 4.69) is 52.7 Å². The number of aryl methyl sites for hydroxylation is 2. The molecule has 5 nitrogen and oxygen atoms in total. The molecule has 0 spiro atoms. The maximum Gasteiger partial charge on any atom is 0.228 e. The highest BCUT2D eigenvalue weighted by atomic mass is 35.5. The normalized spacial score (nSPS) is 25.2. The van der Waals surface area contributed by atoms with Crippen LogP contribution in [0.1, 0.15) is 54.3 Å². The molecule has 6 heteroatoms. The fraction of sp³-hybridized carbons (Fsp3) is 0.545. The Morgan fingerprint density at radius 3 is 2.79 bits per heavy atom. The van der Waals surface area contributed by atoms with E-state index in [1.807, 2.05) is 17.9 Å². The molecule has 0 radical (unpaired) electrons. The monoisotopic (exact) mass is 402 g/mol. The summed E-state index contributed by atoms with van der Waals surface area (Å²) in [6.45, 7) is 4.61. The molecular weight excluding hydrogens is 372 g/mol. The van der Waals surface area contributed by atoms with E-state index in [9.17, 15) is 4.79 Å². The molecule has 3 heterocycles. The van der Waals surface area contributed by atoms with Gasteiger partial charge in [0.05, 0.1) is 18.2 Å². The smallest absolute Gasteiger partial charge is 0.228 e. The predicted molar refractivity (Wildman–Crippen MR) is 114 cm³/mol. The Bertz CT molecular complexity index is 805. The molecule has 1 N–H and O–H groups in total. The summed E-state index contributed by atoms with van der Waals surface area (Å²) in [5, 5.41) is 7.76. The maximum absolute atomic E-state index is 13.7. The average molecular weight is 403 g/mol. The lowest BCUT2D eigenvalue weighted by molar-refractivity contribution is -0.137. The lowest BCUT2D eigenvalue weighted by atomic mass is 9.88. The second-order valence-electron chi connectivity index (χ2n) is 8.13. The zero-order chi connectivity index (χ0) is 18.8. The number of benzene rings is 1. The Morgan fingerprint density at radius 1 is 1.18 bits per heavy atom. The van der Waals surface area contributed by atoms with Crippen LogP contribution in [0.15, 0.2) is 36.7 Å². The van der Waals surface area contributed by atoms with Crippen molar-refractivity contribution in [3.63, 3.8) is 0 Å². The van der Waals surface area contributed by atoms with E-state index < -0.39 is 0 Å². The Labute approximate surface area is 173 Å². The second-order valence-corrected chi connectivity index (χ2v) is 8.13. The molecule has 1 aromatic carbocycles. The molecule has 1 amide bonds. The molecule has 0 bridgehead atoms. The second kappa shape index (κ2) is 9.10. The van der Waals surface area contributed by atoms with Gasteiger partial charge in [-0.3, -0.25) is 9.48 Å². The molecule has 1 aromatic heterocycles. The van der Waals surface area contributed by atoms with Crippen LogP contribution in [0, 0.1) is 12.8 Å². The molecule has 2 aliphatic heterocycles. The Hall–Kier alpha value is -1.85. The van der Waals surface area contributed by atoms with Crippen LogP contribution >= 0.6 is 12.4 Å². The van der Waals surface area contributed by atoms with Crippen molar-refractivity contribution in [2.75, 3.05) is 19.6 Å². The van der Waals surface area contributed by atoms with Gasteiger partial charge in [0.15, 0.2) is 0 Å². The van der Waals surface area contributed by atoms with E-state index >= 15 is 0 Å². The number of hydrogen-bond acceptors (Lipinski definition) is 3. The quantitative estimate of drug-likeness (QED) is 0.853. The summed E-state index contributed by atoms with van der Waals surface area (Å²) in [5.74, 6) is 0.523. The number of hydrogen-bond donors (Lipinski definition) is 1. The lowest BCUT2D eigenvalue weighted by Crippen LogP contribution is -2.41. The average Bonchev–Trinajstić information content (AvgIpc) is 3.23. The van der Waals surface area contributed by atoms with E-state index in [4.69, 9.17) is 0 Å². The molecule has 0 aliphatic carbocycles. The molecule has 28 heavy (non-hydrogen) atoms.